The van der Waals surface area contributed by atoms with Crippen LogP contribution in [0.25, 0.3) is 0 Å². The Morgan fingerprint density at radius 2 is 2.00 bits per heavy atom. The van der Waals surface area contributed by atoms with Crippen molar-refractivity contribution >= 4 is 11.8 Å². The van der Waals surface area contributed by atoms with Gasteiger partial charge >= 0.3 is 5.97 Å². The molecule has 1 aliphatic heterocycles. The van der Waals surface area contributed by atoms with Gasteiger partial charge in [-0.3, -0.25) is 9.59 Å². The highest BCUT2D eigenvalue weighted by Crippen LogP contribution is 2.18. The molecule has 1 saturated heterocycles. The summed E-state index contributed by atoms with van der Waals surface area (Å²) in [5.74, 6) is -1.45. The molecule has 1 N–H and O–H groups in total. The van der Waals surface area contributed by atoms with Crippen molar-refractivity contribution in [2.45, 2.75) is 26.1 Å². The Bertz CT molecular complexity index is 219. The van der Waals surface area contributed by atoms with Crippen LogP contribution in [0.1, 0.15) is 19.8 Å². The van der Waals surface area contributed by atoms with Gasteiger partial charge < -0.3 is 14.6 Å². The van der Waals surface area contributed by atoms with Gasteiger partial charge in [0.15, 0.2) is 6.29 Å². The number of rotatable bonds is 5. The van der Waals surface area contributed by atoms with Gasteiger partial charge in [-0.05, 0) is 0 Å². The molecule has 0 amide bonds. The minimum Gasteiger partial charge on any atom is -0.481 e. The average Bonchev–Trinajstić information content (AvgIpc) is 2.53. The maximum Gasteiger partial charge on any atom is 0.310 e. The summed E-state index contributed by atoms with van der Waals surface area (Å²) in [4.78, 5) is 21.4. The molecule has 0 spiro atoms. The molecule has 0 aromatic carbocycles. The molecule has 1 unspecified atom stereocenters. The van der Waals surface area contributed by atoms with Gasteiger partial charge in [-0.15, -0.1) is 0 Å². The molecule has 1 fully saturated rings. The summed E-state index contributed by atoms with van der Waals surface area (Å²) >= 11 is 0. The van der Waals surface area contributed by atoms with E-state index >= 15 is 0 Å². The normalized spacial score (nSPS) is 19.5. The third kappa shape index (κ3) is 3.43. The van der Waals surface area contributed by atoms with Crippen molar-refractivity contribution in [3.8, 4) is 0 Å². The Labute approximate surface area is 82.0 Å². The molecular formula is C9H14O5. The maximum absolute atomic E-state index is 11.1. The Morgan fingerprint density at radius 1 is 1.43 bits per heavy atom. The highest BCUT2D eigenvalue weighted by atomic mass is 16.7. The van der Waals surface area contributed by atoms with Gasteiger partial charge in [0.25, 0.3) is 0 Å². The summed E-state index contributed by atoms with van der Waals surface area (Å²) in [5, 5.41) is 8.38. The van der Waals surface area contributed by atoms with E-state index in [1.165, 1.54) is 0 Å². The van der Waals surface area contributed by atoms with Gasteiger partial charge in [-0.25, -0.2) is 0 Å². The topological polar surface area (TPSA) is 72.8 Å². The number of carbonyl (C=O) groups is 2. The van der Waals surface area contributed by atoms with Gasteiger partial charge in [-0.1, -0.05) is 6.92 Å². The van der Waals surface area contributed by atoms with Gasteiger partial charge in [0.05, 0.1) is 13.2 Å². The van der Waals surface area contributed by atoms with E-state index in [0.717, 1.165) is 0 Å². The SMILES string of the molecule is CC(CC(=O)CC(=O)O)C1OCCO1. The Hall–Kier alpha value is -0.940. The standard InChI is InChI=1S/C9H14O5/c1-6(9-13-2-3-14-9)4-7(10)5-8(11)12/h6,9H,2-5H2,1H3,(H,11,12). The van der Waals surface area contributed by atoms with Crippen LogP contribution >= 0.6 is 0 Å². The molecule has 0 saturated carbocycles. The van der Waals surface area contributed by atoms with E-state index in [2.05, 4.69) is 0 Å². The fourth-order valence-electron chi connectivity index (χ4n) is 1.40. The molecule has 0 aromatic heterocycles. The van der Waals surface area contributed by atoms with Gasteiger partial charge in [0, 0.05) is 12.3 Å². The lowest BCUT2D eigenvalue weighted by Gasteiger charge is -2.16. The second kappa shape index (κ2) is 5.07. The monoisotopic (exact) mass is 202 g/mol. The van der Waals surface area contributed by atoms with Gasteiger partial charge in [-0.2, -0.15) is 0 Å². The van der Waals surface area contributed by atoms with Crippen molar-refractivity contribution < 1.29 is 24.2 Å². The number of hydrogen-bond donors (Lipinski definition) is 1. The largest absolute Gasteiger partial charge is 0.481 e. The number of carbonyl (C=O) groups excluding carboxylic acids is 1. The van der Waals surface area contributed by atoms with Crippen LogP contribution < -0.4 is 0 Å². The van der Waals surface area contributed by atoms with E-state index in [0.29, 0.717) is 13.2 Å². The third-order valence-electron chi connectivity index (χ3n) is 2.01. The summed E-state index contributed by atoms with van der Waals surface area (Å²) in [6.45, 7) is 2.90. The summed E-state index contributed by atoms with van der Waals surface area (Å²) in [7, 11) is 0. The molecule has 5 nitrogen and oxygen atoms in total. The zero-order valence-electron chi connectivity index (χ0n) is 8.06. The highest BCUT2D eigenvalue weighted by Gasteiger charge is 2.25. The lowest BCUT2D eigenvalue weighted by molar-refractivity contribution is -0.141. The fourth-order valence-corrected chi connectivity index (χ4v) is 1.40. The molecule has 0 radical (unpaired) electrons. The molecule has 1 aliphatic rings. The number of Topliss-reactive ketones (excluding diaryl/α,β-unsaturated/α-hetero) is 1. The van der Waals surface area contributed by atoms with E-state index in [4.69, 9.17) is 14.6 Å². The van der Waals surface area contributed by atoms with Crippen molar-refractivity contribution in [1.29, 1.82) is 0 Å². The van der Waals surface area contributed by atoms with Crippen molar-refractivity contribution in [2.75, 3.05) is 13.2 Å². The number of carboxylic acids is 1. The predicted molar refractivity (Wildman–Crippen MR) is 46.7 cm³/mol. The van der Waals surface area contributed by atoms with Crippen molar-refractivity contribution in [3.63, 3.8) is 0 Å². The van der Waals surface area contributed by atoms with Crippen molar-refractivity contribution in [2.24, 2.45) is 5.92 Å². The first kappa shape index (κ1) is 11.1. The number of aliphatic carboxylic acids is 1. The molecule has 1 heterocycles. The van der Waals surface area contributed by atoms with Crippen LogP contribution in [0.5, 0.6) is 0 Å². The lowest BCUT2D eigenvalue weighted by Crippen LogP contribution is -2.22. The van der Waals surface area contributed by atoms with E-state index in [-0.39, 0.29) is 24.4 Å². The van der Waals surface area contributed by atoms with Crippen LogP contribution in [-0.2, 0) is 19.1 Å². The Kier molecular flexibility index (Phi) is 4.03. The second-order valence-electron chi connectivity index (χ2n) is 3.40. The molecule has 0 bridgehead atoms. The molecule has 14 heavy (non-hydrogen) atoms. The molecule has 5 heteroatoms. The van der Waals surface area contributed by atoms with E-state index in [9.17, 15) is 9.59 Å². The fraction of sp³-hybridized carbons (Fsp3) is 0.778. The third-order valence-corrected chi connectivity index (χ3v) is 2.01. The summed E-state index contributed by atoms with van der Waals surface area (Å²) < 4.78 is 10.4. The molecule has 80 valence electrons. The van der Waals surface area contributed by atoms with Crippen LogP contribution in [0.15, 0.2) is 0 Å². The molecule has 1 atom stereocenters. The first-order chi connectivity index (χ1) is 6.59. The van der Waals surface area contributed by atoms with Crippen LogP contribution in [0, 0.1) is 5.92 Å². The maximum atomic E-state index is 11.1. The zero-order chi connectivity index (χ0) is 10.6. The number of ether oxygens (including phenoxy) is 2. The molecular weight excluding hydrogens is 188 g/mol. The first-order valence-electron chi connectivity index (χ1n) is 4.56. The average molecular weight is 202 g/mol. The van der Waals surface area contributed by atoms with E-state index < -0.39 is 12.4 Å². The Balaban J connectivity index is 2.28. The van der Waals surface area contributed by atoms with E-state index in [1.54, 1.807) is 0 Å². The first-order valence-corrected chi connectivity index (χ1v) is 4.56. The summed E-state index contributed by atoms with van der Waals surface area (Å²) in [6.07, 6.45) is -0.582. The molecule has 0 aliphatic carbocycles. The van der Waals surface area contributed by atoms with Crippen molar-refractivity contribution in [1.82, 2.24) is 0 Å². The zero-order valence-corrected chi connectivity index (χ0v) is 8.06. The predicted octanol–water partition coefficient (Wildman–Crippen LogP) is 0.429. The number of ketones is 1. The number of hydrogen-bond acceptors (Lipinski definition) is 4. The van der Waals surface area contributed by atoms with Gasteiger partial charge in [0.2, 0.25) is 0 Å². The lowest BCUT2D eigenvalue weighted by atomic mass is 10.0. The molecule has 0 aromatic rings. The van der Waals surface area contributed by atoms with Crippen LogP contribution in [0.3, 0.4) is 0 Å². The quantitative estimate of drug-likeness (QED) is 0.654. The highest BCUT2D eigenvalue weighted by molar-refractivity contribution is 5.94. The minimum absolute atomic E-state index is 0.0793. The number of carboxylic acid groups (broad SMARTS) is 1. The summed E-state index contributed by atoms with van der Waals surface area (Å²) in [6, 6.07) is 0. The minimum atomic E-state index is -1.09. The van der Waals surface area contributed by atoms with Crippen molar-refractivity contribution in [3.05, 3.63) is 0 Å². The second-order valence-corrected chi connectivity index (χ2v) is 3.40. The summed E-state index contributed by atoms with van der Waals surface area (Å²) in [5.41, 5.74) is 0. The molecule has 1 rings (SSSR count). The smallest absolute Gasteiger partial charge is 0.310 e. The van der Waals surface area contributed by atoms with E-state index in [1.807, 2.05) is 6.92 Å². The van der Waals surface area contributed by atoms with Crippen LogP contribution in [0.4, 0.5) is 0 Å². The van der Waals surface area contributed by atoms with Gasteiger partial charge in [0.1, 0.15) is 12.2 Å². The van der Waals surface area contributed by atoms with Crippen LogP contribution in [-0.4, -0.2) is 36.4 Å². The Morgan fingerprint density at radius 3 is 2.50 bits per heavy atom. The van der Waals surface area contributed by atoms with Crippen LogP contribution in [0.2, 0.25) is 0 Å².